The van der Waals surface area contributed by atoms with Crippen molar-refractivity contribution in [2.45, 2.75) is 63.7 Å². The second kappa shape index (κ2) is 8.69. The molecular weight excluding hydrogens is 320 g/mol. The van der Waals surface area contributed by atoms with E-state index in [0.29, 0.717) is 17.4 Å². The highest BCUT2D eigenvalue weighted by molar-refractivity contribution is 5.67. The SMILES string of the molecule is O=C(O)C[C@H](CCCC1CCCCC1)c1nc(-c2cnccn2)no1. The van der Waals surface area contributed by atoms with Crippen molar-refractivity contribution in [1.82, 2.24) is 20.1 Å². The smallest absolute Gasteiger partial charge is 0.304 e. The Morgan fingerprint density at radius 3 is 2.84 bits per heavy atom. The molecule has 2 aromatic rings. The highest BCUT2D eigenvalue weighted by Gasteiger charge is 2.23. The summed E-state index contributed by atoms with van der Waals surface area (Å²) in [5.41, 5.74) is 0.522. The van der Waals surface area contributed by atoms with E-state index >= 15 is 0 Å². The summed E-state index contributed by atoms with van der Waals surface area (Å²) in [6.07, 6.45) is 14.2. The average Bonchev–Trinajstić information content (AvgIpc) is 3.12. The van der Waals surface area contributed by atoms with Crippen LogP contribution < -0.4 is 0 Å². The molecule has 1 atom stereocenters. The molecule has 0 aromatic carbocycles. The minimum Gasteiger partial charge on any atom is -0.481 e. The lowest BCUT2D eigenvalue weighted by molar-refractivity contribution is -0.137. The van der Waals surface area contributed by atoms with Crippen LogP contribution in [0.5, 0.6) is 0 Å². The number of carboxylic acid groups (broad SMARTS) is 1. The molecule has 1 aliphatic rings. The maximum Gasteiger partial charge on any atom is 0.304 e. The first-order valence-corrected chi connectivity index (χ1v) is 9.04. The van der Waals surface area contributed by atoms with Crippen LogP contribution in [0.15, 0.2) is 23.1 Å². The van der Waals surface area contributed by atoms with Crippen molar-refractivity contribution in [3.8, 4) is 11.5 Å². The fourth-order valence-electron chi connectivity index (χ4n) is 3.57. The quantitative estimate of drug-likeness (QED) is 0.776. The Bertz CT molecular complexity index is 668. The van der Waals surface area contributed by atoms with Crippen molar-refractivity contribution in [1.29, 1.82) is 0 Å². The summed E-state index contributed by atoms with van der Waals surface area (Å²) in [6, 6.07) is 0. The second-order valence-corrected chi connectivity index (χ2v) is 6.78. The summed E-state index contributed by atoms with van der Waals surface area (Å²) in [6.45, 7) is 0. The van der Waals surface area contributed by atoms with E-state index in [0.717, 1.165) is 25.2 Å². The third kappa shape index (κ3) is 5.08. The summed E-state index contributed by atoms with van der Waals surface area (Å²) in [4.78, 5) is 23.7. The fourth-order valence-corrected chi connectivity index (χ4v) is 3.57. The van der Waals surface area contributed by atoms with Gasteiger partial charge in [0.2, 0.25) is 11.7 Å². The van der Waals surface area contributed by atoms with Crippen molar-refractivity contribution in [2.75, 3.05) is 0 Å². The van der Waals surface area contributed by atoms with Gasteiger partial charge in [0.05, 0.1) is 12.6 Å². The zero-order chi connectivity index (χ0) is 17.5. The number of aliphatic carboxylic acids is 1. The zero-order valence-corrected chi connectivity index (χ0v) is 14.3. The highest BCUT2D eigenvalue weighted by atomic mass is 16.5. The van der Waals surface area contributed by atoms with Crippen molar-refractivity contribution in [3.05, 3.63) is 24.5 Å². The normalized spacial score (nSPS) is 16.6. The topological polar surface area (TPSA) is 102 Å². The van der Waals surface area contributed by atoms with Gasteiger partial charge >= 0.3 is 5.97 Å². The molecule has 0 aliphatic heterocycles. The average molecular weight is 344 g/mol. The molecule has 0 amide bonds. The highest BCUT2D eigenvalue weighted by Crippen LogP contribution is 2.31. The van der Waals surface area contributed by atoms with E-state index < -0.39 is 5.97 Å². The van der Waals surface area contributed by atoms with E-state index in [-0.39, 0.29) is 12.3 Å². The molecule has 7 nitrogen and oxygen atoms in total. The number of hydrogen-bond donors (Lipinski definition) is 1. The van der Waals surface area contributed by atoms with Crippen molar-refractivity contribution < 1.29 is 14.4 Å². The number of nitrogens with zero attached hydrogens (tertiary/aromatic N) is 4. The summed E-state index contributed by atoms with van der Waals surface area (Å²) >= 11 is 0. The van der Waals surface area contributed by atoms with E-state index in [1.807, 2.05) is 0 Å². The minimum absolute atomic E-state index is 0.00671. The fraction of sp³-hybridized carbons (Fsp3) is 0.611. The minimum atomic E-state index is -0.845. The number of rotatable bonds is 8. The Morgan fingerprint density at radius 1 is 1.28 bits per heavy atom. The maximum absolute atomic E-state index is 11.2. The molecule has 0 radical (unpaired) electrons. The van der Waals surface area contributed by atoms with Crippen LogP contribution in [0.4, 0.5) is 0 Å². The molecule has 3 rings (SSSR count). The third-order valence-electron chi connectivity index (χ3n) is 4.89. The first-order valence-electron chi connectivity index (χ1n) is 9.04. The van der Waals surface area contributed by atoms with Gasteiger partial charge in [0.15, 0.2) is 0 Å². The van der Waals surface area contributed by atoms with Crippen molar-refractivity contribution in [2.24, 2.45) is 5.92 Å². The Balaban J connectivity index is 1.62. The van der Waals surface area contributed by atoms with E-state index in [9.17, 15) is 9.90 Å². The standard InChI is InChI=1S/C18H24N4O3/c23-16(24)11-14(8-4-7-13-5-2-1-3-6-13)18-21-17(22-25-18)15-12-19-9-10-20-15/h9-10,12-14H,1-8,11H2,(H,23,24)/t14-/m0/s1. The lowest BCUT2D eigenvalue weighted by atomic mass is 9.84. The van der Waals surface area contributed by atoms with Crippen LogP contribution in [-0.2, 0) is 4.79 Å². The van der Waals surface area contributed by atoms with E-state index in [4.69, 9.17) is 4.52 Å². The van der Waals surface area contributed by atoms with Gasteiger partial charge in [-0.3, -0.25) is 9.78 Å². The monoisotopic (exact) mass is 344 g/mol. The summed E-state index contributed by atoms with van der Waals surface area (Å²) in [7, 11) is 0. The molecule has 2 aromatic heterocycles. The molecular formula is C18H24N4O3. The molecule has 0 bridgehead atoms. The van der Waals surface area contributed by atoms with Gasteiger partial charge < -0.3 is 9.63 Å². The van der Waals surface area contributed by atoms with Gasteiger partial charge in [-0.25, -0.2) is 4.98 Å². The van der Waals surface area contributed by atoms with Crippen molar-refractivity contribution >= 4 is 5.97 Å². The molecule has 0 unspecified atom stereocenters. The predicted octanol–water partition coefficient (Wildman–Crippen LogP) is 3.84. The molecule has 0 spiro atoms. The molecule has 7 heteroatoms. The number of carboxylic acids is 1. The van der Waals surface area contributed by atoms with Gasteiger partial charge in [-0.2, -0.15) is 4.98 Å². The number of carbonyl (C=O) groups is 1. The number of hydrogen-bond acceptors (Lipinski definition) is 6. The van der Waals surface area contributed by atoms with Crippen LogP contribution in [0.25, 0.3) is 11.5 Å². The molecule has 2 heterocycles. The molecule has 1 fully saturated rings. The Kier molecular flexibility index (Phi) is 6.09. The molecule has 1 saturated carbocycles. The summed E-state index contributed by atoms with van der Waals surface area (Å²) in [5, 5.41) is 13.1. The van der Waals surface area contributed by atoms with Crippen molar-refractivity contribution in [3.63, 3.8) is 0 Å². The van der Waals surface area contributed by atoms with Crippen LogP contribution in [0, 0.1) is 5.92 Å². The predicted molar refractivity (Wildman–Crippen MR) is 90.7 cm³/mol. The van der Waals surface area contributed by atoms with E-state index in [1.54, 1.807) is 18.6 Å². The zero-order valence-electron chi connectivity index (χ0n) is 14.3. The van der Waals surface area contributed by atoms with Gasteiger partial charge in [-0.15, -0.1) is 0 Å². The Morgan fingerprint density at radius 2 is 2.12 bits per heavy atom. The van der Waals surface area contributed by atoms with Gasteiger partial charge in [0.1, 0.15) is 5.69 Å². The lowest BCUT2D eigenvalue weighted by Gasteiger charge is -2.21. The van der Waals surface area contributed by atoms with Crippen LogP contribution in [0.2, 0.25) is 0 Å². The second-order valence-electron chi connectivity index (χ2n) is 6.78. The lowest BCUT2D eigenvalue weighted by Crippen LogP contribution is -2.10. The van der Waals surface area contributed by atoms with Gasteiger partial charge in [-0.1, -0.05) is 50.1 Å². The summed E-state index contributed by atoms with van der Waals surface area (Å²) < 4.78 is 5.33. The maximum atomic E-state index is 11.2. The van der Waals surface area contributed by atoms with E-state index in [1.165, 1.54) is 32.1 Å². The summed E-state index contributed by atoms with van der Waals surface area (Å²) in [5.74, 6) is 0.426. The molecule has 1 N–H and O–H groups in total. The van der Waals surface area contributed by atoms with Crippen LogP contribution in [0.1, 0.15) is 69.6 Å². The van der Waals surface area contributed by atoms with Crippen LogP contribution in [-0.4, -0.2) is 31.2 Å². The largest absolute Gasteiger partial charge is 0.481 e. The molecule has 25 heavy (non-hydrogen) atoms. The molecule has 1 aliphatic carbocycles. The van der Waals surface area contributed by atoms with Crippen LogP contribution in [0.3, 0.4) is 0 Å². The van der Waals surface area contributed by atoms with Gasteiger partial charge in [-0.05, 0) is 12.3 Å². The molecule has 0 saturated heterocycles. The Labute approximate surface area is 146 Å². The van der Waals surface area contributed by atoms with Gasteiger partial charge in [0, 0.05) is 18.3 Å². The van der Waals surface area contributed by atoms with E-state index in [2.05, 4.69) is 20.1 Å². The third-order valence-corrected chi connectivity index (χ3v) is 4.89. The van der Waals surface area contributed by atoms with Gasteiger partial charge in [0.25, 0.3) is 0 Å². The van der Waals surface area contributed by atoms with Crippen LogP contribution >= 0.6 is 0 Å². The first kappa shape index (κ1) is 17.5. The molecule has 134 valence electrons. The number of aromatic nitrogens is 4. The first-order chi connectivity index (χ1) is 12.2. The Hall–Kier alpha value is -2.31.